The van der Waals surface area contributed by atoms with Crippen LogP contribution in [0.25, 0.3) is 10.8 Å². The molecule has 59 heavy (non-hydrogen) atoms. The minimum Gasteiger partial charge on any atom is -0.494 e. The average Bonchev–Trinajstić information content (AvgIpc) is 4.05. The van der Waals surface area contributed by atoms with Crippen LogP contribution in [0.1, 0.15) is 72.6 Å². The van der Waals surface area contributed by atoms with Gasteiger partial charge in [-0.25, -0.2) is 27.0 Å². The molecule has 3 N–H and O–H groups in total. The number of sulfonamides is 1. The highest BCUT2D eigenvalue weighted by molar-refractivity contribution is 7.91. The molecule has 0 unspecified atom stereocenters. The van der Waals surface area contributed by atoms with Gasteiger partial charge >= 0.3 is 12.3 Å². The Morgan fingerprint density at radius 2 is 1.85 bits per heavy atom. The van der Waals surface area contributed by atoms with Crippen molar-refractivity contribution >= 4 is 44.6 Å². The molecule has 2 aliphatic carbocycles. The average molecular weight is 858 g/mol. The minimum absolute atomic E-state index is 0.0165. The van der Waals surface area contributed by atoms with Gasteiger partial charge in [0.15, 0.2) is 11.6 Å². The van der Waals surface area contributed by atoms with Gasteiger partial charge in [-0.05, 0) is 87.8 Å². The summed E-state index contributed by atoms with van der Waals surface area (Å²) in [5.41, 5.74) is -4.97. The lowest BCUT2D eigenvalue weighted by atomic mass is 9.85. The van der Waals surface area contributed by atoms with Gasteiger partial charge in [0.2, 0.25) is 27.7 Å². The fourth-order valence-corrected chi connectivity index (χ4v) is 9.72. The van der Waals surface area contributed by atoms with E-state index in [1.165, 1.54) is 26.3 Å². The molecule has 2 saturated carbocycles. The summed E-state index contributed by atoms with van der Waals surface area (Å²) < 4.78 is 111. The monoisotopic (exact) mass is 857 g/mol. The molecule has 4 aliphatic rings. The molecule has 7 atom stereocenters. The molecule has 20 heteroatoms. The number of aromatic nitrogens is 1. The Kier molecular flexibility index (Phi) is 11.7. The van der Waals surface area contributed by atoms with Crippen molar-refractivity contribution in [3.8, 4) is 11.6 Å². The predicted octanol–water partition coefficient (Wildman–Crippen LogP) is 5.26. The zero-order valence-corrected chi connectivity index (χ0v) is 34.0. The molecule has 14 nitrogen and oxygen atoms in total. The Labute approximate surface area is 337 Å². The van der Waals surface area contributed by atoms with Crippen LogP contribution in [0, 0.1) is 23.6 Å². The fourth-order valence-electron chi connectivity index (χ4n) is 8.29. The number of carboxylic acid groups (broad SMARTS) is 1. The van der Waals surface area contributed by atoms with Crippen molar-refractivity contribution in [3.63, 3.8) is 0 Å². The third kappa shape index (κ3) is 8.12. The first-order chi connectivity index (χ1) is 27.5. The number of pyridine rings is 1. The standard InChI is InChI=1S/C39H48F5N5O9S/c1-21-8-6-7-9-24-18-38(24,34(52)47-59(55,56)37(20-40)11-12-37)46-31(50)28-16-25(58-32-26-17-27(41)29(57-5)15-23(26)10-13-45-32)19-48(28)33(51)30(22(2)14-21)49(35(53)54)36(3,4)39(42,43)44/h7,9-10,13,15,17,21-22,24-25,28,30H,6,8,11-12,14,16,18-20H2,1-5H3,(H,46,50)(H,47,52)(H,53,54)/b9-7-/t21-,22+,24+,25+,28-,30-,38+/m0/s1. The Morgan fingerprint density at radius 1 is 1.15 bits per heavy atom. The summed E-state index contributed by atoms with van der Waals surface area (Å²) in [6, 6.07) is 0.476. The number of halogens is 5. The van der Waals surface area contributed by atoms with Gasteiger partial charge in [-0.2, -0.15) is 13.2 Å². The number of ether oxygens (including phenoxy) is 2. The summed E-state index contributed by atoms with van der Waals surface area (Å²) in [5.74, 6) is -6.23. The van der Waals surface area contributed by atoms with Crippen molar-refractivity contribution in [2.24, 2.45) is 17.8 Å². The van der Waals surface area contributed by atoms with Crippen LogP contribution in [0.4, 0.5) is 26.7 Å². The van der Waals surface area contributed by atoms with E-state index in [0.29, 0.717) is 32.1 Å². The smallest absolute Gasteiger partial charge is 0.411 e. The Hall–Kier alpha value is -4.75. The first-order valence-corrected chi connectivity index (χ1v) is 20.8. The van der Waals surface area contributed by atoms with E-state index < -0.39 is 105 Å². The second kappa shape index (κ2) is 15.7. The van der Waals surface area contributed by atoms with Crippen molar-refractivity contribution in [3.05, 3.63) is 42.4 Å². The van der Waals surface area contributed by atoms with Crippen molar-refractivity contribution in [2.45, 2.75) is 113 Å². The second-order valence-electron chi connectivity index (χ2n) is 16.8. The molecular formula is C39H48F5N5O9S. The fraction of sp³-hybridized carbons (Fsp3) is 0.615. The Balaban J connectivity index is 1.43. The van der Waals surface area contributed by atoms with E-state index in [1.54, 1.807) is 25.1 Å². The van der Waals surface area contributed by atoms with E-state index in [-0.39, 0.29) is 59.9 Å². The van der Waals surface area contributed by atoms with Gasteiger partial charge in [0, 0.05) is 23.9 Å². The lowest BCUT2D eigenvalue weighted by Crippen LogP contribution is -2.66. The van der Waals surface area contributed by atoms with Gasteiger partial charge in [-0.1, -0.05) is 26.0 Å². The lowest BCUT2D eigenvalue weighted by molar-refractivity contribution is -0.222. The van der Waals surface area contributed by atoms with Gasteiger partial charge in [-0.15, -0.1) is 0 Å². The maximum Gasteiger partial charge on any atom is 0.411 e. The molecule has 2 aliphatic heterocycles. The molecule has 4 amide bonds. The SMILES string of the molecule is COc1cc2ccnc(O[C@@H]3C[C@H]4C(=O)N[C@]5(C(=O)NS(=O)(=O)C6(CF)CC6)C[C@H]5/C=C\CC[C@H](C)C[C@@H](C)[C@H](N(C(=O)O)C(C)(C)C(F)(F)F)C(=O)N4C3)c2cc1F. The number of methoxy groups -OCH3 is 1. The van der Waals surface area contributed by atoms with Gasteiger partial charge in [0.25, 0.3) is 5.91 Å². The summed E-state index contributed by atoms with van der Waals surface area (Å²) in [6.45, 7) is 2.83. The highest BCUT2D eigenvalue weighted by Crippen LogP contribution is 2.48. The molecule has 3 heterocycles. The van der Waals surface area contributed by atoms with Crippen molar-refractivity contribution in [1.82, 2.24) is 24.8 Å². The third-order valence-electron chi connectivity index (χ3n) is 12.3. The summed E-state index contributed by atoms with van der Waals surface area (Å²) in [7, 11) is -3.25. The Morgan fingerprint density at radius 3 is 2.46 bits per heavy atom. The van der Waals surface area contributed by atoms with Crippen molar-refractivity contribution in [1.29, 1.82) is 0 Å². The number of nitrogens with zero attached hydrogens (tertiary/aromatic N) is 3. The zero-order chi connectivity index (χ0) is 43.5. The topological polar surface area (TPSA) is 185 Å². The largest absolute Gasteiger partial charge is 0.494 e. The van der Waals surface area contributed by atoms with Crippen molar-refractivity contribution < 1.29 is 64.1 Å². The number of alkyl halides is 4. The maximum absolute atomic E-state index is 14.9. The van der Waals surface area contributed by atoms with Crippen LogP contribution in [0.3, 0.4) is 0 Å². The highest BCUT2D eigenvalue weighted by atomic mass is 32.2. The van der Waals surface area contributed by atoms with Gasteiger partial charge in [0.05, 0.1) is 13.7 Å². The van der Waals surface area contributed by atoms with Crippen molar-refractivity contribution in [2.75, 3.05) is 20.3 Å². The molecule has 0 bridgehead atoms. The number of benzene rings is 1. The number of nitrogens with one attached hydrogen (secondary N) is 2. The van der Waals surface area contributed by atoms with Crippen LogP contribution in [-0.2, 0) is 24.4 Å². The number of rotatable bonds is 9. The number of carbonyl (C=O) groups is 4. The van der Waals surface area contributed by atoms with E-state index in [0.717, 1.165) is 11.0 Å². The van der Waals surface area contributed by atoms with Crippen LogP contribution >= 0.6 is 0 Å². The molecule has 6 rings (SSSR count). The van der Waals surface area contributed by atoms with Crippen LogP contribution in [-0.4, -0.2) is 113 Å². The summed E-state index contributed by atoms with van der Waals surface area (Å²) >= 11 is 0. The van der Waals surface area contributed by atoms with Crippen LogP contribution < -0.4 is 19.5 Å². The first kappa shape index (κ1) is 43.8. The van der Waals surface area contributed by atoms with E-state index in [4.69, 9.17) is 9.47 Å². The van der Waals surface area contributed by atoms with Crippen LogP contribution in [0.5, 0.6) is 11.6 Å². The number of amides is 4. The first-order valence-electron chi connectivity index (χ1n) is 19.3. The van der Waals surface area contributed by atoms with E-state index in [9.17, 15) is 54.7 Å². The third-order valence-corrected chi connectivity index (χ3v) is 14.4. The molecule has 2 aromatic rings. The number of allylic oxidation sites excluding steroid dienone is 1. The molecule has 1 aromatic heterocycles. The van der Waals surface area contributed by atoms with Gasteiger partial charge < -0.3 is 24.8 Å². The Bertz CT molecular complexity index is 2150. The summed E-state index contributed by atoms with van der Waals surface area (Å²) in [4.78, 5) is 61.5. The van der Waals surface area contributed by atoms with E-state index >= 15 is 0 Å². The summed E-state index contributed by atoms with van der Waals surface area (Å²) in [6.07, 6.45) is -3.12. The molecule has 1 saturated heterocycles. The molecule has 3 fully saturated rings. The van der Waals surface area contributed by atoms with Crippen LogP contribution in [0.2, 0.25) is 0 Å². The maximum atomic E-state index is 14.9. The quantitative estimate of drug-likeness (QED) is 0.222. The molecular weight excluding hydrogens is 810 g/mol. The number of hydrogen-bond donors (Lipinski definition) is 3. The van der Waals surface area contributed by atoms with E-state index in [1.807, 2.05) is 4.72 Å². The number of carbonyl (C=O) groups excluding carboxylic acids is 3. The molecule has 0 radical (unpaired) electrons. The highest BCUT2D eigenvalue weighted by Gasteiger charge is 2.64. The molecule has 324 valence electrons. The molecule has 0 spiro atoms. The summed E-state index contributed by atoms with van der Waals surface area (Å²) in [5, 5.41) is 13.7. The number of hydrogen-bond acceptors (Lipinski definition) is 9. The second-order valence-corrected chi connectivity index (χ2v) is 18.9. The normalized spacial score (nSPS) is 29.2. The predicted molar refractivity (Wildman–Crippen MR) is 202 cm³/mol. The lowest BCUT2D eigenvalue weighted by Gasteiger charge is -2.45. The van der Waals surface area contributed by atoms with Gasteiger partial charge in [-0.3, -0.25) is 24.0 Å². The molecule has 1 aromatic carbocycles. The zero-order valence-electron chi connectivity index (χ0n) is 33.1. The van der Waals surface area contributed by atoms with Crippen LogP contribution in [0.15, 0.2) is 36.5 Å². The van der Waals surface area contributed by atoms with E-state index in [2.05, 4.69) is 10.3 Å². The van der Waals surface area contributed by atoms with Gasteiger partial charge in [0.1, 0.15) is 40.7 Å². The minimum atomic E-state index is -5.15. The number of fused-ring (bicyclic) bond motifs is 3.